The third kappa shape index (κ3) is 3.96. The van der Waals surface area contributed by atoms with Crippen LogP contribution >= 0.6 is 0 Å². The van der Waals surface area contributed by atoms with Crippen LogP contribution in [-0.2, 0) is 14.6 Å². The van der Waals surface area contributed by atoms with Crippen molar-refractivity contribution in [2.75, 3.05) is 31.2 Å². The number of nitrogens with two attached hydrogens (primary N) is 1. The van der Waals surface area contributed by atoms with Crippen molar-refractivity contribution in [3.63, 3.8) is 0 Å². The number of benzene rings is 1. The molecule has 1 aliphatic heterocycles. The summed E-state index contributed by atoms with van der Waals surface area (Å²) in [7, 11) is -3.43. The number of hydrogen-bond donors (Lipinski definition) is 1. The van der Waals surface area contributed by atoms with E-state index < -0.39 is 9.84 Å². The molecule has 1 atom stereocenters. The van der Waals surface area contributed by atoms with Crippen molar-refractivity contribution in [1.82, 2.24) is 4.90 Å². The minimum atomic E-state index is -3.43. The van der Waals surface area contributed by atoms with Crippen LogP contribution in [0.4, 0.5) is 5.69 Å². The second kappa shape index (κ2) is 6.34. The minimum absolute atomic E-state index is 0.0243. The first-order valence-corrected chi connectivity index (χ1v) is 8.89. The summed E-state index contributed by atoms with van der Waals surface area (Å²) < 4.78 is 30.7. The molecule has 0 aliphatic carbocycles. The van der Waals surface area contributed by atoms with E-state index in [1.807, 2.05) is 6.92 Å². The predicted molar refractivity (Wildman–Crippen MR) is 84.1 cm³/mol. The Morgan fingerprint density at radius 2 is 2.14 bits per heavy atom. The summed E-state index contributed by atoms with van der Waals surface area (Å²) in [4.78, 5) is 2.45. The first-order valence-electron chi connectivity index (χ1n) is 7.24. The number of hydrogen-bond acceptors (Lipinski definition) is 5. The monoisotopic (exact) mass is 312 g/mol. The molecule has 6 heteroatoms. The average Bonchev–Trinajstić information content (AvgIpc) is 2.37. The first-order chi connectivity index (χ1) is 9.79. The maximum absolute atomic E-state index is 12.5. The van der Waals surface area contributed by atoms with Crippen molar-refractivity contribution in [3.05, 3.63) is 23.8 Å². The van der Waals surface area contributed by atoms with Crippen LogP contribution in [0.2, 0.25) is 0 Å². The van der Waals surface area contributed by atoms with Crippen molar-refractivity contribution in [2.24, 2.45) is 0 Å². The summed E-state index contributed by atoms with van der Waals surface area (Å²) in [5, 5.41) is 0. The lowest BCUT2D eigenvalue weighted by atomic mass is 10.2. The van der Waals surface area contributed by atoms with Crippen LogP contribution in [0.25, 0.3) is 0 Å². The number of sulfone groups is 1. The third-order valence-corrected chi connectivity index (χ3v) is 5.66. The fraction of sp³-hybridized carbons (Fsp3) is 0.600. The molecule has 5 nitrogen and oxygen atoms in total. The van der Waals surface area contributed by atoms with E-state index in [-0.39, 0.29) is 16.8 Å². The van der Waals surface area contributed by atoms with Crippen molar-refractivity contribution in [2.45, 2.75) is 37.8 Å². The van der Waals surface area contributed by atoms with E-state index >= 15 is 0 Å². The molecule has 0 aromatic heterocycles. The van der Waals surface area contributed by atoms with Crippen LogP contribution in [0.5, 0.6) is 0 Å². The Morgan fingerprint density at radius 1 is 1.43 bits per heavy atom. The van der Waals surface area contributed by atoms with Gasteiger partial charge in [0.05, 0.1) is 29.0 Å². The summed E-state index contributed by atoms with van der Waals surface area (Å²) >= 11 is 0. The molecule has 1 aromatic carbocycles. The maximum Gasteiger partial charge on any atom is 0.183 e. The zero-order valence-corrected chi connectivity index (χ0v) is 13.7. The molecule has 0 saturated carbocycles. The second-order valence-electron chi connectivity index (χ2n) is 5.90. The summed E-state index contributed by atoms with van der Waals surface area (Å²) in [6.07, 6.45) is -0.299. The van der Waals surface area contributed by atoms with Crippen LogP contribution in [0.1, 0.15) is 19.4 Å². The smallest absolute Gasteiger partial charge is 0.183 e. The molecule has 1 fully saturated rings. The highest BCUT2D eigenvalue weighted by atomic mass is 32.2. The quantitative estimate of drug-likeness (QED) is 0.852. The van der Waals surface area contributed by atoms with E-state index in [1.54, 1.807) is 18.2 Å². The van der Waals surface area contributed by atoms with Crippen LogP contribution in [0.15, 0.2) is 23.1 Å². The normalized spacial score (nSPS) is 20.9. The summed E-state index contributed by atoms with van der Waals surface area (Å²) in [6, 6.07) is 5.44. The number of nitrogen functional groups attached to an aromatic ring is 1. The Balaban J connectivity index is 2.14. The SMILES string of the molecule is Cc1ccc(S(=O)(=O)CC2CN(C(C)C)CCO2)c(N)c1. The first kappa shape index (κ1) is 16.3. The highest BCUT2D eigenvalue weighted by Crippen LogP contribution is 2.23. The van der Waals surface area contributed by atoms with Crippen molar-refractivity contribution < 1.29 is 13.2 Å². The number of nitrogens with zero attached hydrogens (tertiary/aromatic N) is 1. The van der Waals surface area contributed by atoms with Gasteiger partial charge in [0.25, 0.3) is 0 Å². The van der Waals surface area contributed by atoms with Gasteiger partial charge in [-0.05, 0) is 38.5 Å². The highest BCUT2D eigenvalue weighted by molar-refractivity contribution is 7.91. The fourth-order valence-corrected chi connectivity index (χ4v) is 4.16. The summed E-state index contributed by atoms with van der Waals surface area (Å²) in [6.45, 7) is 8.16. The lowest BCUT2D eigenvalue weighted by molar-refractivity contribution is -0.0272. The topological polar surface area (TPSA) is 72.6 Å². The molecule has 0 spiro atoms. The van der Waals surface area contributed by atoms with Gasteiger partial charge in [-0.25, -0.2) is 8.42 Å². The second-order valence-corrected chi connectivity index (χ2v) is 7.91. The number of ether oxygens (including phenoxy) is 1. The minimum Gasteiger partial charge on any atom is -0.398 e. The number of rotatable bonds is 4. The molecule has 118 valence electrons. The highest BCUT2D eigenvalue weighted by Gasteiger charge is 2.28. The molecular formula is C15H24N2O3S. The Kier molecular flexibility index (Phi) is 4.91. The van der Waals surface area contributed by atoms with Crippen LogP contribution in [0, 0.1) is 6.92 Å². The third-order valence-electron chi connectivity index (χ3n) is 3.81. The van der Waals surface area contributed by atoms with Crippen molar-refractivity contribution in [3.8, 4) is 0 Å². The van der Waals surface area contributed by atoms with Gasteiger partial charge in [-0.3, -0.25) is 4.90 Å². The number of morpholine rings is 1. The van der Waals surface area contributed by atoms with Gasteiger partial charge in [-0.15, -0.1) is 0 Å². The Bertz CT molecular complexity index is 599. The molecule has 0 radical (unpaired) electrons. The molecule has 1 heterocycles. The lowest BCUT2D eigenvalue weighted by Gasteiger charge is -2.35. The Labute approximate surface area is 127 Å². The van der Waals surface area contributed by atoms with Gasteiger partial charge in [0, 0.05) is 19.1 Å². The molecule has 0 amide bonds. The zero-order valence-electron chi connectivity index (χ0n) is 12.9. The predicted octanol–water partition coefficient (Wildman–Crippen LogP) is 1.46. The van der Waals surface area contributed by atoms with Gasteiger partial charge in [-0.1, -0.05) is 6.07 Å². The summed E-state index contributed by atoms with van der Waals surface area (Å²) in [5.41, 5.74) is 7.12. The van der Waals surface area contributed by atoms with E-state index in [2.05, 4.69) is 18.7 Å². The van der Waals surface area contributed by atoms with E-state index in [9.17, 15) is 8.42 Å². The van der Waals surface area contributed by atoms with Gasteiger partial charge < -0.3 is 10.5 Å². The van der Waals surface area contributed by atoms with Crippen molar-refractivity contribution >= 4 is 15.5 Å². The molecule has 1 aliphatic rings. The molecule has 1 aromatic rings. The van der Waals surface area contributed by atoms with Crippen LogP contribution < -0.4 is 5.73 Å². The van der Waals surface area contributed by atoms with Crippen LogP contribution in [0.3, 0.4) is 0 Å². The van der Waals surface area contributed by atoms with Gasteiger partial charge in [-0.2, -0.15) is 0 Å². The van der Waals surface area contributed by atoms with E-state index in [1.165, 1.54) is 0 Å². The van der Waals surface area contributed by atoms with E-state index in [0.29, 0.717) is 24.9 Å². The molecule has 1 unspecified atom stereocenters. The largest absolute Gasteiger partial charge is 0.398 e. The average molecular weight is 312 g/mol. The number of anilines is 1. The van der Waals surface area contributed by atoms with Gasteiger partial charge in [0.2, 0.25) is 0 Å². The molecular weight excluding hydrogens is 288 g/mol. The number of aryl methyl sites for hydroxylation is 1. The van der Waals surface area contributed by atoms with Gasteiger partial charge in [0.1, 0.15) is 0 Å². The Morgan fingerprint density at radius 3 is 2.76 bits per heavy atom. The standard InChI is InChI=1S/C15H24N2O3S/c1-11(2)17-6-7-20-13(9-17)10-21(18,19)15-5-4-12(3)8-14(15)16/h4-5,8,11,13H,6-7,9-10,16H2,1-3H3. The van der Waals surface area contributed by atoms with Crippen molar-refractivity contribution in [1.29, 1.82) is 0 Å². The van der Waals surface area contributed by atoms with E-state index in [4.69, 9.17) is 10.5 Å². The molecule has 2 rings (SSSR count). The molecule has 2 N–H and O–H groups in total. The lowest BCUT2D eigenvalue weighted by Crippen LogP contribution is -2.48. The van der Waals surface area contributed by atoms with E-state index in [0.717, 1.165) is 12.1 Å². The fourth-order valence-electron chi connectivity index (χ4n) is 2.60. The van der Waals surface area contributed by atoms with Gasteiger partial charge in [0.15, 0.2) is 9.84 Å². The Hall–Kier alpha value is -1.11. The van der Waals surface area contributed by atoms with Crippen LogP contribution in [-0.4, -0.2) is 50.9 Å². The molecule has 0 bridgehead atoms. The maximum atomic E-state index is 12.5. The molecule has 21 heavy (non-hydrogen) atoms. The van der Waals surface area contributed by atoms with Gasteiger partial charge >= 0.3 is 0 Å². The summed E-state index contributed by atoms with van der Waals surface area (Å²) in [5.74, 6) is -0.0243. The molecule has 1 saturated heterocycles. The zero-order chi connectivity index (χ0) is 15.6.